The normalized spacial score (nSPS) is 12.5. The van der Waals surface area contributed by atoms with Crippen molar-refractivity contribution in [2.24, 2.45) is 5.92 Å². The van der Waals surface area contributed by atoms with E-state index in [9.17, 15) is 14.4 Å². The van der Waals surface area contributed by atoms with Crippen molar-refractivity contribution in [3.63, 3.8) is 0 Å². The monoisotopic (exact) mass is 723 g/mol. The summed E-state index contributed by atoms with van der Waals surface area (Å²) in [4.78, 5) is 37.4. The van der Waals surface area contributed by atoms with Crippen LogP contribution in [0.1, 0.15) is 246 Å². The van der Waals surface area contributed by atoms with Crippen LogP contribution >= 0.6 is 0 Å². The third kappa shape index (κ3) is 38.0. The molecule has 0 saturated carbocycles. The molecule has 0 aliphatic heterocycles. The SMILES string of the molecule is CCCCCCCCCCCCCCCCCCCCC(=O)OC[C@@H](COC(=O)CCCCCCC)OC(=O)CCCCCCCCC(C)CC. The minimum atomic E-state index is -0.758. The van der Waals surface area contributed by atoms with E-state index in [1.807, 2.05) is 0 Å². The molecule has 0 saturated heterocycles. The van der Waals surface area contributed by atoms with E-state index in [0.717, 1.165) is 70.1 Å². The zero-order valence-electron chi connectivity index (χ0n) is 34.6. The van der Waals surface area contributed by atoms with Crippen LogP contribution in [0.25, 0.3) is 0 Å². The lowest BCUT2D eigenvalue weighted by molar-refractivity contribution is -0.167. The number of carbonyl (C=O) groups excluding carboxylic acids is 3. The van der Waals surface area contributed by atoms with Gasteiger partial charge >= 0.3 is 17.9 Å². The average molecular weight is 723 g/mol. The van der Waals surface area contributed by atoms with Gasteiger partial charge in [0, 0.05) is 19.3 Å². The van der Waals surface area contributed by atoms with E-state index in [4.69, 9.17) is 14.2 Å². The van der Waals surface area contributed by atoms with Crippen LogP contribution in [0.3, 0.4) is 0 Å². The summed E-state index contributed by atoms with van der Waals surface area (Å²) in [7, 11) is 0. The molecule has 0 aromatic heterocycles. The van der Waals surface area contributed by atoms with E-state index in [0.29, 0.717) is 19.3 Å². The molecule has 0 rings (SSSR count). The standard InChI is InChI=1S/C45H86O6/c1-5-8-10-12-13-14-15-16-17-18-19-20-21-22-23-24-29-33-37-44(47)50-40-42(39-49-43(46)36-32-27-11-9-6-2)51-45(48)38-34-30-26-25-28-31-35-41(4)7-3/h41-42H,5-40H2,1-4H3/t41?,42-/m1/s1. The van der Waals surface area contributed by atoms with Crippen LogP contribution in [-0.4, -0.2) is 37.2 Å². The topological polar surface area (TPSA) is 78.9 Å². The van der Waals surface area contributed by atoms with Gasteiger partial charge in [0.25, 0.3) is 0 Å². The van der Waals surface area contributed by atoms with E-state index in [1.165, 1.54) is 135 Å². The minimum absolute atomic E-state index is 0.0659. The highest BCUT2D eigenvalue weighted by Crippen LogP contribution is 2.17. The highest BCUT2D eigenvalue weighted by molar-refractivity contribution is 5.71. The lowest BCUT2D eigenvalue weighted by Crippen LogP contribution is -2.30. The Bertz CT molecular complexity index is 768. The Kier molecular flexibility index (Phi) is 38.4. The smallest absolute Gasteiger partial charge is 0.306 e. The quantitative estimate of drug-likeness (QED) is 0.0356. The van der Waals surface area contributed by atoms with Crippen LogP contribution in [0.4, 0.5) is 0 Å². The molecule has 0 heterocycles. The van der Waals surface area contributed by atoms with E-state index in [-0.39, 0.29) is 31.1 Å². The minimum Gasteiger partial charge on any atom is -0.462 e. The summed E-state index contributed by atoms with van der Waals surface area (Å²) in [5, 5.41) is 0. The Labute approximate surface area is 317 Å². The van der Waals surface area contributed by atoms with E-state index in [2.05, 4.69) is 27.7 Å². The molecule has 2 atom stereocenters. The van der Waals surface area contributed by atoms with Crippen LogP contribution in [0.5, 0.6) is 0 Å². The van der Waals surface area contributed by atoms with Gasteiger partial charge in [0.15, 0.2) is 6.10 Å². The van der Waals surface area contributed by atoms with Gasteiger partial charge in [-0.2, -0.15) is 0 Å². The Morgan fingerprint density at radius 2 is 0.686 bits per heavy atom. The molecule has 6 heteroatoms. The molecule has 1 unspecified atom stereocenters. The van der Waals surface area contributed by atoms with Crippen molar-refractivity contribution in [1.29, 1.82) is 0 Å². The van der Waals surface area contributed by atoms with Gasteiger partial charge < -0.3 is 14.2 Å². The molecule has 0 bridgehead atoms. The predicted molar refractivity (Wildman–Crippen MR) is 215 cm³/mol. The Morgan fingerprint density at radius 1 is 0.392 bits per heavy atom. The Balaban J connectivity index is 4.12. The maximum atomic E-state index is 12.6. The highest BCUT2D eigenvalue weighted by atomic mass is 16.6. The van der Waals surface area contributed by atoms with Crippen LogP contribution in [0, 0.1) is 5.92 Å². The third-order valence-electron chi connectivity index (χ3n) is 10.4. The number of carbonyl (C=O) groups is 3. The first-order valence-electron chi connectivity index (χ1n) is 22.4. The third-order valence-corrected chi connectivity index (χ3v) is 10.4. The predicted octanol–water partition coefficient (Wildman–Crippen LogP) is 13.9. The molecule has 0 aromatic carbocycles. The van der Waals surface area contributed by atoms with Crippen molar-refractivity contribution in [3.8, 4) is 0 Å². The van der Waals surface area contributed by atoms with Crippen molar-refractivity contribution in [2.75, 3.05) is 13.2 Å². The van der Waals surface area contributed by atoms with Crippen LogP contribution < -0.4 is 0 Å². The molecule has 0 radical (unpaired) electrons. The molecular formula is C45H86O6. The van der Waals surface area contributed by atoms with Crippen LogP contribution in [0.15, 0.2) is 0 Å². The van der Waals surface area contributed by atoms with Crippen LogP contribution in [0.2, 0.25) is 0 Å². The average Bonchev–Trinajstić information content (AvgIpc) is 3.13. The fourth-order valence-electron chi connectivity index (χ4n) is 6.59. The zero-order valence-corrected chi connectivity index (χ0v) is 34.6. The molecule has 0 aliphatic rings. The lowest BCUT2D eigenvalue weighted by Gasteiger charge is -2.18. The maximum Gasteiger partial charge on any atom is 0.306 e. The van der Waals surface area contributed by atoms with Gasteiger partial charge in [-0.3, -0.25) is 14.4 Å². The van der Waals surface area contributed by atoms with Gasteiger partial charge in [0.2, 0.25) is 0 Å². The molecule has 0 N–H and O–H groups in total. The second kappa shape index (κ2) is 39.6. The fraction of sp³-hybridized carbons (Fsp3) is 0.933. The molecule has 0 aromatic rings. The molecule has 0 fully saturated rings. The van der Waals surface area contributed by atoms with Gasteiger partial charge in [0.05, 0.1) is 0 Å². The van der Waals surface area contributed by atoms with Crippen molar-refractivity contribution < 1.29 is 28.6 Å². The Morgan fingerprint density at radius 3 is 1.02 bits per heavy atom. The van der Waals surface area contributed by atoms with Gasteiger partial charge in [-0.25, -0.2) is 0 Å². The van der Waals surface area contributed by atoms with E-state index < -0.39 is 6.10 Å². The maximum absolute atomic E-state index is 12.6. The summed E-state index contributed by atoms with van der Waals surface area (Å²) in [6, 6.07) is 0. The summed E-state index contributed by atoms with van der Waals surface area (Å²) < 4.78 is 16.6. The summed E-state index contributed by atoms with van der Waals surface area (Å²) in [5.74, 6) is -0.0633. The van der Waals surface area contributed by atoms with E-state index in [1.54, 1.807) is 0 Å². The van der Waals surface area contributed by atoms with Crippen molar-refractivity contribution in [2.45, 2.75) is 252 Å². The van der Waals surface area contributed by atoms with Crippen molar-refractivity contribution in [3.05, 3.63) is 0 Å². The first-order valence-corrected chi connectivity index (χ1v) is 22.4. The number of rotatable bonds is 40. The molecule has 0 aliphatic carbocycles. The van der Waals surface area contributed by atoms with Crippen LogP contribution in [-0.2, 0) is 28.6 Å². The molecule has 6 nitrogen and oxygen atoms in total. The first kappa shape index (κ1) is 49.4. The lowest BCUT2D eigenvalue weighted by atomic mass is 10.00. The summed E-state index contributed by atoms with van der Waals surface area (Å²) in [5.41, 5.74) is 0. The number of ether oxygens (including phenoxy) is 3. The highest BCUT2D eigenvalue weighted by Gasteiger charge is 2.19. The Hall–Kier alpha value is -1.59. The summed E-state index contributed by atoms with van der Waals surface area (Å²) in [6.45, 7) is 8.88. The fourth-order valence-corrected chi connectivity index (χ4v) is 6.59. The summed E-state index contributed by atoms with van der Waals surface area (Å²) >= 11 is 0. The molecular weight excluding hydrogens is 636 g/mol. The largest absolute Gasteiger partial charge is 0.462 e. The number of esters is 3. The van der Waals surface area contributed by atoms with Gasteiger partial charge in [-0.05, 0) is 25.2 Å². The zero-order chi connectivity index (χ0) is 37.5. The molecule has 0 spiro atoms. The molecule has 51 heavy (non-hydrogen) atoms. The second-order valence-electron chi connectivity index (χ2n) is 15.6. The molecule has 0 amide bonds. The van der Waals surface area contributed by atoms with E-state index >= 15 is 0 Å². The van der Waals surface area contributed by atoms with Crippen molar-refractivity contribution in [1.82, 2.24) is 0 Å². The van der Waals surface area contributed by atoms with Gasteiger partial charge in [-0.1, -0.05) is 207 Å². The first-order chi connectivity index (χ1) is 24.9. The summed E-state index contributed by atoms with van der Waals surface area (Å²) in [6.07, 6.45) is 38.4. The number of hydrogen-bond donors (Lipinski definition) is 0. The number of hydrogen-bond acceptors (Lipinski definition) is 6. The molecule has 302 valence electrons. The van der Waals surface area contributed by atoms with Crippen molar-refractivity contribution >= 4 is 17.9 Å². The van der Waals surface area contributed by atoms with Gasteiger partial charge in [-0.15, -0.1) is 0 Å². The van der Waals surface area contributed by atoms with Gasteiger partial charge in [0.1, 0.15) is 13.2 Å². The number of unbranched alkanes of at least 4 members (excludes halogenated alkanes) is 26. The second-order valence-corrected chi connectivity index (χ2v) is 15.6.